The Labute approximate surface area is 198 Å². The summed E-state index contributed by atoms with van der Waals surface area (Å²) in [7, 11) is 0. The minimum absolute atomic E-state index is 0.0842. The summed E-state index contributed by atoms with van der Waals surface area (Å²) in [6, 6.07) is 14.8. The standard InChI is InChI=1S/C25H30N2O7/c1-15(23(29)30)34-27-22(28)21(14-33-25(2,3)4)26-24(31)32-13-20-18-11-7-5-9-16(18)17-10-6-8-12-19(17)20/h5-12,15,20-21H,13-14H2,1-4H3,(H,26,31)(H,27,28)(H,29,30)/t15?,21-/m0/s1. The molecule has 0 saturated carbocycles. The predicted octanol–water partition coefficient (Wildman–Crippen LogP) is 3.23. The highest BCUT2D eigenvalue weighted by molar-refractivity contribution is 5.85. The number of aliphatic carboxylic acids is 1. The van der Waals surface area contributed by atoms with Crippen LogP contribution in [0, 0.1) is 0 Å². The number of carbonyl (C=O) groups is 3. The highest BCUT2D eigenvalue weighted by Gasteiger charge is 2.30. The van der Waals surface area contributed by atoms with Crippen LogP contribution in [0.3, 0.4) is 0 Å². The van der Waals surface area contributed by atoms with E-state index in [4.69, 9.17) is 19.4 Å². The summed E-state index contributed by atoms with van der Waals surface area (Å²) >= 11 is 0. The lowest BCUT2D eigenvalue weighted by Crippen LogP contribution is -2.51. The van der Waals surface area contributed by atoms with E-state index in [9.17, 15) is 14.4 Å². The molecular weight excluding hydrogens is 440 g/mol. The van der Waals surface area contributed by atoms with Gasteiger partial charge < -0.3 is 19.9 Å². The number of amides is 2. The Kier molecular flexibility index (Phi) is 7.90. The van der Waals surface area contributed by atoms with Crippen LogP contribution in [-0.4, -0.2) is 54.0 Å². The van der Waals surface area contributed by atoms with Gasteiger partial charge in [0.1, 0.15) is 12.6 Å². The number of carboxylic acids is 1. The van der Waals surface area contributed by atoms with Crippen LogP contribution in [0.15, 0.2) is 48.5 Å². The average molecular weight is 471 g/mol. The number of hydrogen-bond donors (Lipinski definition) is 3. The molecule has 0 heterocycles. The number of ether oxygens (including phenoxy) is 2. The Balaban J connectivity index is 1.65. The summed E-state index contributed by atoms with van der Waals surface area (Å²) in [5, 5.41) is 11.4. The molecule has 34 heavy (non-hydrogen) atoms. The molecule has 2 atom stereocenters. The Morgan fingerprint density at radius 2 is 1.56 bits per heavy atom. The van der Waals surface area contributed by atoms with E-state index in [-0.39, 0.29) is 19.1 Å². The number of alkyl carbamates (subject to hydrolysis) is 1. The molecule has 1 aliphatic carbocycles. The van der Waals surface area contributed by atoms with E-state index in [1.165, 1.54) is 6.92 Å². The lowest BCUT2D eigenvalue weighted by atomic mass is 9.98. The summed E-state index contributed by atoms with van der Waals surface area (Å²) in [6.07, 6.45) is -2.06. The van der Waals surface area contributed by atoms with Crippen molar-refractivity contribution in [1.82, 2.24) is 10.8 Å². The fourth-order valence-electron chi connectivity index (χ4n) is 3.57. The van der Waals surface area contributed by atoms with E-state index in [0.29, 0.717) is 0 Å². The van der Waals surface area contributed by atoms with Gasteiger partial charge in [-0.25, -0.2) is 15.1 Å². The zero-order valence-electron chi connectivity index (χ0n) is 19.7. The van der Waals surface area contributed by atoms with Gasteiger partial charge in [0, 0.05) is 5.92 Å². The van der Waals surface area contributed by atoms with Gasteiger partial charge in [0.05, 0.1) is 12.2 Å². The van der Waals surface area contributed by atoms with Gasteiger partial charge in [-0.15, -0.1) is 0 Å². The number of hydroxylamine groups is 1. The van der Waals surface area contributed by atoms with Crippen LogP contribution in [0.4, 0.5) is 4.79 Å². The third-order valence-corrected chi connectivity index (χ3v) is 5.32. The lowest BCUT2D eigenvalue weighted by molar-refractivity contribution is -0.160. The van der Waals surface area contributed by atoms with Crippen molar-refractivity contribution in [3.05, 3.63) is 59.7 Å². The number of carboxylic acid groups (broad SMARTS) is 1. The first-order chi connectivity index (χ1) is 16.1. The molecule has 0 saturated heterocycles. The molecule has 1 aliphatic rings. The molecule has 2 aromatic rings. The SMILES string of the molecule is CC(ONC(=O)[C@H](COC(C)(C)C)NC(=O)OCC1c2ccccc2-c2ccccc21)C(=O)O. The molecule has 3 N–H and O–H groups in total. The average Bonchev–Trinajstić information content (AvgIpc) is 3.11. The normalized spacial score (nSPS) is 14.5. The monoisotopic (exact) mass is 470 g/mol. The summed E-state index contributed by atoms with van der Waals surface area (Å²) in [6.45, 7) is 6.60. The smallest absolute Gasteiger partial charge is 0.407 e. The van der Waals surface area contributed by atoms with Gasteiger partial charge in [-0.05, 0) is 49.9 Å². The summed E-state index contributed by atoms with van der Waals surface area (Å²) in [5.41, 5.74) is 5.83. The van der Waals surface area contributed by atoms with Crippen LogP contribution in [0.2, 0.25) is 0 Å². The molecule has 0 fully saturated rings. The van der Waals surface area contributed by atoms with E-state index in [0.717, 1.165) is 22.3 Å². The quantitative estimate of drug-likeness (QED) is 0.481. The highest BCUT2D eigenvalue weighted by atomic mass is 16.7. The first-order valence-corrected chi connectivity index (χ1v) is 11.0. The predicted molar refractivity (Wildman–Crippen MR) is 124 cm³/mol. The van der Waals surface area contributed by atoms with E-state index in [1.807, 2.05) is 48.5 Å². The van der Waals surface area contributed by atoms with Gasteiger partial charge in [-0.1, -0.05) is 48.5 Å². The minimum Gasteiger partial charge on any atom is -0.479 e. The fraction of sp³-hybridized carbons (Fsp3) is 0.400. The summed E-state index contributed by atoms with van der Waals surface area (Å²) in [5.74, 6) is -2.13. The van der Waals surface area contributed by atoms with Crippen molar-refractivity contribution in [2.75, 3.05) is 13.2 Å². The number of hydrogen-bond acceptors (Lipinski definition) is 6. The number of rotatable bonds is 9. The second-order valence-electron chi connectivity index (χ2n) is 9.01. The molecule has 0 spiro atoms. The Bertz CT molecular complexity index is 1000. The molecule has 0 aliphatic heterocycles. The molecule has 0 radical (unpaired) electrons. The second kappa shape index (κ2) is 10.7. The molecule has 0 bridgehead atoms. The maximum atomic E-state index is 12.6. The minimum atomic E-state index is -1.26. The maximum absolute atomic E-state index is 12.6. The number of carbonyl (C=O) groups excluding carboxylic acids is 2. The molecule has 3 rings (SSSR count). The van der Waals surface area contributed by atoms with Crippen molar-refractivity contribution < 1.29 is 33.8 Å². The molecule has 2 amide bonds. The largest absolute Gasteiger partial charge is 0.479 e. The fourth-order valence-corrected chi connectivity index (χ4v) is 3.57. The zero-order valence-corrected chi connectivity index (χ0v) is 19.7. The topological polar surface area (TPSA) is 123 Å². The van der Waals surface area contributed by atoms with Crippen molar-refractivity contribution in [2.24, 2.45) is 0 Å². The third kappa shape index (κ3) is 6.33. The van der Waals surface area contributed by atoms with Crippen molar-refractivity contribution >= 4 is 18.0 Å². The molecular formula is C25H30N2O7. The lowest BCUT2D eigenvalue weighted by Gasteiger charge is -2.25. The van der Waals surface area contributed by atoms with Gasteiger partial charge >= 0.3 is 12.1 Å². The Morgan fingerprint density at radius 1 is 1.00 bits per heavy atom. The first kappa shape index (κ1) is 25.2. The Hall–Kier alpha value is -3.43. The van der Waals surface area contributed by atoms with Crippen LogP contribution in [0.1, 0.15) is 44.7 Å². The van der Waals surface area contributed by atoms with E-state index in [2.05, 4.69) is 10.8 Å². The van der Waals surface area contributed by atoms with Gasteiger partial charge in [0.25, 0.3) is 5.91 Å². The van der Waals surface area contributed by atoms with Gasteiger partial charge in [0.2, 0.25) is 0 Å². The van der Waals surface area contributed by atoms with Gasteiger partial charge in [-0.3, -0.25) is 9.63 Å². The first-order valence-electron chi connectivity index (χ1n) is 11.0. The van der Waals surface area contributed by atoms with Crippen molar-refractivity contribution in [2.45, 2.75) is 51.4 Å². The second-order valence-corrected chi connectivity index (χ2v) is 9.01. The molecule has 0 aromatic heterocycles. The van der Waals surface area contributed by atoms with Crippen molar-refractivity contribution in [3.8, 4) is 11.1 Å². The van der Waals surface area contributed by atoms with E-state index >= 15 is 0 Å². The number of nitrogens with one attached hydrogen (secondary N) is 2. The van der Waals surface area contributed by atoms with Crippen molar-refractivity contribution in [1.29, 1.82) is 0 Å². The molecule has 182 valence electrons. The van der Waals surface area contributed by atoms with Crippen LogP contribution >= 0.6 is 0 Å². The Morgan fingerprint density at radius 3 is 2.09 bits per heavy atom. The van der Waals surface area contributed by atoms with Gasteiger partial charge in [0.15, 0.2) is 6.10 Å². The van der Waals surface area contributed by atoms with Crippen molar-refractivity contribution in [3.63, 3.8) is 0 Å². The zero-order chi connectivity index (χ0) is 24.9. The number of benzene rings is 2. The molecule has 2 aromatic carbocycles. The van der Waals surface area contributed by atoms with Crippen LogP contribution in [-0.2, 0) is 23.9 Å². The number of fused-ring (bicyclic) bond motifs is 3. The van der Waals surface area contributed by atoms with Crippen LogP contribution in [0.5, 0.6) is 0 Å². The molecule has 9 nitrogen and oxygen atoms in total. The van der Waals surface area contributed by atoms with E-state index in [1.54, 1.807) is 20.8 Å². The van der Waals surface area contributed by atoms with E-state index < -0.39 is 35.7 Å². The summed E-state index contributed by atoms with van der Waals surface area (Å²) < 4.78 is 11.1. The van der Waals surface area contributed by atoms with Gasteiger partial charge in [-0.2, -0.15) is 0 Å². The summed E-state index contributed by atoms with van der Waals surface area (Å²) in [4.78, 5) is 40.9. The molecule has 9 heteroatoms. The van der Waals surface area contributed by atoms with Crippen LogP contribution in [0.25, 0.3) is 11.1 Å². The molecule has 1 unspecified atom stereocenters. The highest BCUT2D eigenvalue weighted by Crippen LogP contribution is 2.44. The maximum Gasteiger partial charge on any atom is 0.407 e. The third-order valence-electron chi connectivity index (χ3n) is 5.32. The van der Waals surface area contributed by atoms with Crippen LogP contribution < -0.4 is 10.8 Å².